The normalized spacial score (nSPS) is 11.4. The summed E-state index contributed by atoms with van der Waals surface area (Å²) in [7, 11) is 0. The number of carbonyl (C=O) groups excluding carboxylic acids is 2. The first-order valence-electron chi connectivity index (χ1n) is 9.90. The van der Waals surface area contributed by atoms with Crippen molar-refractivity contribution in [1.29, 1.82) is 0 Å². The van der Waals surface area contributed by atoms with Crippen molar-refractivity contribution >= 4 is 11.9 Å². The maximum absolute atomic E-state index is 14.1. The van der Waals surface area contributed by atoms with Crippen molar-refractivity contribution in [1.82, 2.24) is 10.6 Å². The molecule has 162 valence electrons. The summed E-state index contributed by atoms with van der Waals surface area (Å²) in [6.45, 7) is 5.23. The SMILES string of the molecule is CCOc1ccc(CCNC(=O)C[C@H](NC(N)=O)c2ccccc2F)cc1OCC. The van der Waals surface area contributed by atoms with Gasteiger partial charge in [0.05, 0.1) is 25.7 Å². The zero-order chi connectivity index (χ0) is 21.9. The van der Waals surface area contributed by atoms with Crippen molar-refractivity contribution in [2.24, 2.45) is 5.73 Å². The first kappa shape index (κ1) is 23.0. The van der Waals surface area contributed by atoms with Crippen molar-refractivity contribution < 1.29 is 23.5 Å². The lowest BCUT2D eigenvalue weighted by Gasteiger charge is -2.18. The summed E-state index contributed by atoms with van der Waals surface area (Å²) in [5.74, 6) is 0.501. The molecule has 0 aliphatic heterocycles. The molecule has 0 bridgehead atoms. The smallest absolute Gasteiger partial charge is 0.312 e. The number of carbonyl (C=O) groups is 2. The van der Waals surface area contributed by atoms with Crippen LogP contribution in [0, 0.1) is 5.82 Å². The Hall–Kier alpha value is -3.29. The fourth-order valence-corrected chi connectivity index (χ4v) is 3.02. The minimum Gasteiger partial charge on any atom is -0.490 e. The van der Waals surface area contributed by atoms with Crippen LogP contribution in [0.3, 0.4) is 0 Å². The van der Waals surface area contributed by atoms with E-state index in [1.807, 2.05) is 32.0 Å². The van der Waals surface area contributed by atoms with Gasteiger partial charge >= 0.3 is 6.03 Å². The summed E-state index contributed by atoms with van der Waals surface area (Å²) in [6.07, 6.45) is 0.448. The Balaban J connectivity index is 1.95. The highest BCUT2D eigenvalue weighted by Gasteiger charge is 2.20. The first-order valence-corrected chi connectivity index (χ1v) is 9.90. The van der Waals surface area contributed by atoms with E-state index in [4.69, 9.17) is 15.2 Å². The van der Waals surface area contributed by atoms with Gasteiger partial charge in [-0.05, 0) is 44.0 Å². The van der Waals surface area contributed by atoms with Crippen molar-refractivity contribution in [3.8, 4) is 11.5 Å². The molecule has 2 aromatic rings. The number of primary amides is 1. The predicted octanol–water partition coefficient (Wildman–Crippen LogP) is 3.08. The van der Waals surface area contributed by atoms with E-state index in [0.29, 0.717) is 37.7 Å². The van der Waals surface area contributed by atoms with Crippen LogP contribution in [0.15, 0.2) is 42.5 Å². The van der Waals surface area contributed by atoms with Gasteiger partial charge in [-0.3, -0.25) is 4.79 Å². The zero-order valence-corrected chi connectivity index (χ0v) is 17.2. The molecule has 0 aliphatic carbocycles. The van der Waals surface area contributed by atoms with Gasteiger partial charge in [-0.15, -0.1) is 0 Å². The molecule has 0 radical (unpaired) electrons. The van der Waals surface area contributed by atoms with Crippen molar-refractivity contribution in [2.45, 2.75) is 32.7 Å². The van der Waals surface area contributed by atoms with Gasteiger partial charge < -0.3 is 25.8 Å². The maximum Gasteiger partial charge on any atom is 0.312 e. The fraction of sp³-hybridized carbons (Fsp3) is 0.364. The molecule has 0 spiro atoms. The van der Waals surface area contributed by atoms with E-state index in [1.165, 1.54) is 18.2 Å². The minimum atomic E-state index is -0.848. The molecular formula is C22H28FN3O4. The second-order valence-corrected chi connectivity index (χ2v) is 6.53. The Morgan fingerprint density at radius 1 is 1.07 bits per heavy atom. The van der Waals surface area contributed by atoms with E-state index < -0.39 is 17.9 Å². The molecule has 3 amide bonds. The summed E-state index contributed by atoms with van der Waals surface area (Å²) in [6, 6.07) is 9.92. The van der Waals surface area contributed by atoms with E-state index in [9.17, 15) is 14.0 Å². The van der Waals surface area contributed by atoms with Crippen molar-refractivity contribution in [3.05, 3.63) is 59.4 Å². The highest BCUT2D eigenvalue weighted by molar-refractivity contribution is 5.78. The van der Waals surface area contributed by atoms with Crippen molar-refractivity contribution in [3.63, 3.8) is 0 Å². The van der Waals surface area contributed by atoms with Crippen molar-refractivity contribution in [2.75, 3.05) is 19.8 Å². The molecule has 2 rings (SSSR count). The van der Waals surface area contributed by atoms with Gasteiger partial charge in [0.1, 0.15) is 5.82 Å². The number of hydrogen-bond acceptors (Lipinski definition) is 4. The molecule has 0 aliphatic rings. The van der Waals surface area contributed by atoms with E-state index in [-0.39, 0.29) is 17.9 Å². The van der Waals surface area contributed by atoms with Crippen LogP contribution in [-0.4, -0.2) is 31.7 Å². The highest BCUT2D eigenvalue weighted by Crippen LogP contribution is 2.28. The lowest BCUT2D eigenvalue weighted by molar-refractivity contribution is -0.121. The molecule has 0 unspecified atom stereocenters. The first-order chi connectivity index (χ1) is 14.4. The maximum atomic E-state index is 14.1. The second kappa shape index (κ2) is 11.6. The van der Waals surface area contributed by atoms with Crippen LogP contribution in [0.2, 0.25) is 0 Å². The minimum absolute atomic E-state index is 0.128. The van der Waals surface area contributed by atoms with Gasteiger partial charge in [-0.25, -0.2) is 9.18 Å². The molecule has 30 heavy (non-hydrogen) atoms. The van der Waals surface area contributed by atoms with E-state index in [1.54, 1.807) is 6.07 Å². The van der Waals surface area contributed by atoms with Gasteiger partial charge in [-0.2, -0.15) is 0 Å². The Kier molecular flexibility index (Phi) is 8.93. The third kappa shape index (κ3) is 6.95. The Bertz CT molecular complexity index is 860. The van der Waals surface area contributed by atoms with Crippen LogP contribution in [0.25, 0.3) is 0 Å². The zero-order valence-electron chi connectivity index (χ0n) is 17.2. The molecule has 7 nitrogen and oxygen atoms in total. The molecule has 0 heterocycles. The van der Waals surface area contributed by atoms with Crippen LogP contribution in [0.1, 0.15) is 37.4 Å². The number of nitrogens with two attached hydrogens (primary N) is 1. The summed E-state index contributed by atoms with van der Waals surface area (Å²) < 4.78 is 25.2. The number of hydrogen-bond donors (Lipinski definition) is 3. The number of urea groups is 1. The molecule has 0 saturated carbocycles. The molecule has 0 saturated heterocycles. The topological polar surface area (TPSA) is 103 Å². The standard InChI is InChI=1S/C22H28FN3O4/c1-3-29-19-10-9-15(13-20(19)30-4-2)11-12-25-21(27)14-18(26-22(24)28)16-7-5-6-8-17(16)23/h5-10,13,18H,3-4,11-12,14H2,1-2H3,(H,25,27)(H3,24,26,28)/t18-/m0/s1. The van der Waals surface area contributed by atoms with E-state index in [0.717, 1.165) is 5.56 Å². The average Bonchev–Trinajstić information content (AvgIpc) is 2.70. The van der Waals surface area contributed by atoms with Crippen LogP contribution in [-0.2, 0) is 11.2 Å². The number of halogens is 1. The third-order valence-corrected chi connectivity index (χ3v) is 4.33. The quantitative estimate of drug-likeness (QED) is 0.523. The summed E-state index contributed by atoms with van der Waals surface area (Å²) in [5.41, 5.74) is 6.36. The molecular weight excluding hydrogens is 389 g/mol. The molecule has 1 atom stereocenters. The van der Waals surface area contributed by atoms with Crippen LogP contribution < -0.4 is 25.8 Å². The number of benzene rings is 2. The Morgan fingerprint density at radius 3 is 2.43 bits per heavy atom. The average molecular weight is 417 g/mol. The molecule has 4 N–H and O–H groups in total. The van der Waals surface area contributed by atoms with Crippen LogP contribution in [0.5, 0.6) is 11.5 Å². The molecule has 0 fully saturated rings. The lowest BCUT2D eigenvalue weighted by Crippen LogP contribution is -2.37. The Morgan fingerprint density at radius 2 is 1.77 bits per heavy atom. The molecule has 2 aromatic carbocycles. The van der Waals surface area contributed by atoms with E-state index >= 15 is 0 Å². The number of ether oxygens (including phenoxy) is 2. The van der Waals surface area contributed by atoms with Gasteiger partial charge in [0, 0.05) is 12.1 Å². The van der Waals surface area contributed by atoms with Crippen LogP contribution >= 0.6 is 0 Å². The van der Waals surface area contributed by atoms with Gasteiger partial charge in [-0.1, -0.05) is 24.3 Å². The van der Waals surface area contributed by atoms with Gasteiger partial charge in [0.2, 0.25) is 5.91 Å². The molecule has 0 aromatic heterocycles. The second-order valence-electron chi connectivity index (χ2n) is 6.53. The summed E-state index contributed by atoms with van der Waals surface area (Å²) >= 11 is 0. The highest BCUT2D eigenvalue weighted by atomic mass is 19.1. The Labute approximate surface area is 175 Å². The van der Waals surface area contributed by atoms with Gasteiger partial charge in [0.25, 0.3) is 0 Å². The summed E-state index contributed by atoms with van der Waals surface area (Å²) in [4.78, 5) is 23.6. The number of amides is 3. The summed E-state index contributed by atoms with van der Waals surface area (Å²) in [5, 5.41) is 5.21. The fourth-order valence-electron chi connectivity index (χ4n) is 3.02. The molecule has 8 heteroatoms. The predicted molar refractivity (Wildman–Crippen MR) is 112 cm³/mol. The lowest BCUT2D eigenvalue weighted by atomic mass is 10.0. The number of rotatable bonds is 11. The monoisotopic (exact) mass is 417 g/mol. The van der Waals surface area contributed by atoms with E-state index in [2.05, 4.69) is 10.6 Å². The van der Waals surface area contributed by atoms with Crippen LogP contribution in [0.4, 0.5) is 9.18 Å². The third-order valence-electron chi connectivity index (χ3n) is 4.33. The van der Waals surface area contributed by atoms with Gasteiger partial charge in [0.15, 0.2) is 11.5 Å². The number of nitrogens with one attached hydrogen (secondary N) is 2. The largest absolute Gasteiger partial charge is 0.490 e.